The Hall–Kier alpha value is -3.54. The molecule has 4 rings (SSSR count). The Morgan fingerprint density at radius 3 is 1.74 bits per heavy atom. The van der Waals surface area contributed by atoms with Crippen molar-refractivity contribution in [3.63, 3.8) is 0 Å². The summed E-state index contributed by atoms with van der Waals surface area (Å²) in [6, 6.07) is 16.3. The van der Waals surface area contributed by atoms with Crippen LogP contribution >= 0.6 is 0 Å². The highest BCUT2D eigenvalue weighted by Gasteiger charge is 2.18. The van der Waals surface area contributed by atoms with Crippen molar-refractivity contribution in [1.29, 1.82) is 0 Å². The number of halogens is 6. The summed E-state index contributed by atoms with van der Waals surface area (Å²) in [6.45, 7) is 2.09. The minimum Gasteiger partial charge on any atom is -0.206 e. The first kappa shape index (κ1) is 24.6. The van der Waals surface area contributed by atoms with Gasteiger partial charge in [0.25, 0.3) is 0 Å². The van der Waals surface area contributed by atoms with E-state index in [1.165, 1.54) is 29.8 Å². The molecule has 4 aromatic rings. The summed E-state index contributed by atoms with van der Waals surface area (Å²) >= 11 is 0. The van der Waals surface area contributed by atoms with Crippen molar-refractivity contribution in [1.82, 2.24) is 0 Å². The summed E-state index contributed by atoms with van der Waals surface area (Å²) in [5, 5.41) is 0. The van der Waals surface area contributed by atoms with E-state index >= 15 is 0 Å². The molecule has 0 N–H and O–H groups in total. The summed E-state index contributed by atoms with van der Waals surface area (Å²) in [6.07, 6.45) is 1.85. The molecule has 0 unspecified atom stereocenters. The second-order valence-electron chi connectivity index (χ2n) is 8.42. The maximum Gasteiger partial charge on any atom is 0.194 e. The van der Waals surface area contributed by atoms with E-state index < -0.39 is 34.9 Å². The molecule has 0 nitrogen and oxygen atoms in total. The number of hydrogen-bond acceptors (Lipinski definition) is 0. The van der Waals surface area contributed by atoms with E-state index in [1.54, 1.807) is 6.07 Å². The molecule has 0 bridgehead atoms. The van der Waals surface area contributed by atoms with Gasteiger partial charge in [-0.2, -0.15) is 0 Å². The Morgan fingerprint density at radius 1 is 0.486 bits per heavy atom. The highest BCUT2D eigenvalue weighted by Crippen LogP contribution is 2.32. The zero-order chi connectivity index (χ0) is 25.1. The van der Waals surface area contributed by atoms with Crippen molar-refractivity contribution in [3.05, 3.63) is 118 Å². The summed E-state index contributed by atoms with van der Waals surface area (Å²) in [5.74, 6) is -7.36. The van der Waals surface area contributed by atoms with E-state index in [0.29, 0.717) is 5.56 Å². The summed E-state index contributed by atoms with van der Waals surface area (Å²) in [4.78, 5) is 0. The molecule has 0 atom stereocenters. The predicted octanol–water partition coefficient (Wildman–Crippen LogP) is 8.59. The van der Waals surface area contributed by atoms with Crippen molar-refractivity contribution in [3.8, 4) is 22.3 Å². The Labute approximate surface area is 199 Å². The predicted molar refractivity (Wildman–Crippen MR) is 125 cm³/mol. The van der Waals surface area contributed by atoms with Crippen LogP contribution in [-0.2, 0) is 19.3 Å². The van der Waals surface area contributed by atoms with E-state index in [-0.39, 0.29) is 35.1 Å². The fraction of sp³-hybridized carbons (Fsp3) is 0.172. The van der Waals surface area contributed by atoms with Gasteiger partial charge in [-0.3, -0.25) is 0 Å². The standard InChI is InChI=1S/C29H22F6/c1-2-3-17-4-7-19(8-5-17)21-11-12-22(24(30)16-21)23-13-10-20(27(33)28(23)34)9-6-18-14-25(31)29(35)26(32)15-18/h4-5,7-8,10-16H,2-3,6,9H2,1H3. The van der Waals surface area contributed by atoms with Crippen molar-refractivity contribution in [2.45, 2.75) is 32.6 Å². The van der Waals surface area contributed by atoms with Crippen LogP contribution in [0.5, 0.6) is 0 Å². The molecular weight excluding hydrogens is 462 g/mol. The van der Waals surface area contributed by atoms with Gasteiger partial charge in [-0.1, -0.05) is 61.9 Å². The van der Waals surface area contributed by atoms with Gasteiger partial charge >= 0.3 is 0 Å². The molecule has 0 heterocycles. The third-order valence-corrected chi connectivity index (χ3v) is 5.97. The van der Waals surface area contributed by atoms with Crippen LogP contribution in [0.2, 0.25) is 0 Å². The first-order valence-electron chi connectivity index (χ1n) is 11.3. The van der Waals surface area contributed by atoms with E-state index in [4.69, 9.17) is 0 Å². The van der Waals surface area contributed by atoms with Crippen LogP contribution in [0.3, 0.4) is 0 Å². The normalized spacial score (nSPS) is 11.2. The van der Waals surface area contributed by atoms with Crippen LogP contribution in [-0.4, -0.2) is 0 Å². The fourth-order valence-corrected chi connectivity index (χ4v) is 4.09. The van der Waals surface area contributed by atoms with E-state index in [1.807, 2.05) is 24.3 Å². The van der Waals surface area contributed by atoms with Crippen LogP contribution < -0.4 is 0 Å². The molecule has 180 valence electrons. The van der Waals surface area contributed by atoms with Crippen molar-refractivity contribution in [2.24, 2.45) is 0 Å². The first-order chi connectivity index (χ1) is 16.8. The summed E-state index contributed by atoms with van der Waals surface area (Å²) < 4.78 is 84.4. The van der Waals surface area contributed by atoms with Gasteiger partial charge in [-0.05, 0) is 65.3 Å². The number of aryl methyl sites for hydroxylation is 3. The van der Waals surface area contributed by atoms with Gasteiger partial charge in [-0.25, -0.2) is 26.3 Å². The van der Waals surface area contributed by atoms with Gasteiger partial charge in [0.15, 0.2) is 29.1 Å². The topological polar surface area (TPSA) is 0 Å². The lowest BCUT2D eigenvalue weighted by atomic mass is 9.96. The molecule has 4 aromatic carbocycles. The largest absolute Gasteiger partial charge is 0.206 e. The van der Waals surface area contributed by atoms with Gasteiger partial charge in [0.1, 0.15) is 5.82 Å². The van der Waals surface area contributed by atoms with Crippen molar-refractivity contribution < 1.29 is 26.3 Å². The number of rotatable bonds is 7. The molecule has 0 radical (unpaired) electrons. The highest BCUT2D eigenvalue weighted by atomic mass is 19.2. The molecule has 6 heteroatoms. The van der Waals surface area contributed by atoms with Crippen molar-refractivity contribution >= 4 is 0 Å². The van der Waals surface area contributed by atoms with Gasteiger partial charge < -0.3 is 0 Å². The Morgan fingerprint density at radius 2 is 1.11 bits per heavy atom. The van der Waals surface area contributed by atoms with Gasteiger partial charge in [0.05, 0.1) is 0 Å². The van der Waals surface area contributed by atoms with Crippen LogP contribution in [0.4, 0.5) is 26.3 Å². The van der Waals surface area contributed by atoms with Crippen LogP contribution in [0.15, 0.2) is 66.7 Å². The maximum absolute atomic E-state index is 14.9. The van der Waals surface area contributed by atoms with Gasteiger partial charge in [-0.15, -0.1) is 0 Å². The Balaban J connectivity index is 1.56. The van der Waals surface area contributed by atoms with Crippen molar-refractivity contribution in [2.75, 3.05) is 0 Å². The van der Waals surface area contributed by atoms with Crippen LogP contribution in [0.25, 0.3) is 22.3 Å². The van der Waals surface area contributed by atoms with E-state index in [0.717, 1.165) is 30.5 Å². The van der Waals surface area contributed by atoms with Gasteiger partial charge in [0, 0.05) is 11.1 Å². The second-order valence-corrected chi connectivity index (χ2v) is 8.42. The van der Waals surface area contributed by atoms with Gasteiger partial charge in [0.2, 0.25) is 0 Å². The third kappa shape index (κ3) is 5.26. The molecule has 0 fully saturated rings. The molecule has 0 aliphatic rings. The Bertz CT molecular complexity index is 1340. The monoisotopic (exact) mass is 484 g/mol. The molecule has 35 heavy (non-hydrogen) atoms. The van der Waals surface area contributed by atoms with E-state index in [9.17, 15) is 26.3 Å². The molecule has 0 aromatic heterocycles. The number of hydrogen-bond donors (Lipinski definition) is 0. The van der Waals surface area contributed by atoms with Crippen LogP contribution in [0, 0.1) is 34.9 Å². The smallest absolute Gasteiger partial charge is 0.194 e. The highest BCUT2D eigenvalue weighted by molar-refractivity contribution is 5.71. The third-order valence-electron chi connectivity index (χ3n) is 5.97. The quantitative estimate of drug-likeness (QED) is 0.182. The maximum atomic E-state index is 14.9. The SMILES string of the molecule is CCCc1ccc(-c2ccc(-c3ccc(CCc4cc(F)c(F)c(F)c4)c(F)c3F)c(F)c2)cc1. The lowest BCUT2D eigenvalue weighted by Gasteiger charge is -2.11. The molecule has 0 spiro atoms. The fourth-order valence-electron chi connectivity index (χ4n) is 4.09. The Kier molecular flexibility index (Phi) is 7.29. The average molecular weight is 484 g/mol. The van der Waals surface area contributed by atoms with Crippen LogP contribution in [0.1, 0.15) is 30.0 Å². The molecule has 0 saturated heterocycles. The van der Waals surface area contributed by atoms with E-state index in [2.05, 4.69) is 6.92 Å². The lowest BCUT2D eigenvalue weighted by molar-refractivity contribution is 0.445. The first-order valence-corrected chi connectivity index (χ1v) is 11.3. The molecular formula is C29H22F6. The molecule has 0 aliphatic carbocycles. The molecule has 0 amide bonds. The second kappa shape index (κ2) is 10.4. The zero-order valence-electron chi connectivity index (χ0n) is 18.9. The zero-order valence-corrected chi connectivity index (χ0v) is 18.9. The summed E-state index contributed by atoms with van der Waals surface area (Å²) in [7, 11) is 0. The average Bonchev–Trinajstić information content (AvgIpc) is 2.84. The summed E-state index contributed by atoms with van der Waals surface area (Å²) in [5.41, 5.74) is 2.36. The molecule has 0 saturated carbocycles. The number of benzene rings is 4. The lowest BCUT2D eigenvalue weighted by Crippen LogP contribution is -2.02. The molecule has 0 aliphatic heterocycles. The minimum absolute atomic E-state index is 0.0378. The minimum atomic E-state index is -1.59.